The first-order chi connectivity index (χ1) is 26.5. The minimum atomic E-state index is -1.66. The van der Waals surface area contributed by atoms with Gasteiger partial charge in [0.15, 0.2) is 18.5 Å². The Hall–Kier alpha value is -2.38. The van der Waals surface area contributed by atoms with E-state index in [1.807, 2.05) is 6.08 Å². The van der Waals surface area contributed by atoms with E-state index in [9.17, 15) is 35.1 Å². The predicted molar refractivity (Wildman–Crippen MR) is 214 cm³/mol. The molecule has 320 valence electrons. The van der Waals surface area contributed by atoms with Crippen molar-refractivity contribution in [1.29, 1.82) is 0 Å². The summed E-state index contributed by atoms with van der Waals surface area (Å²) in [5.74, 6) is -1.17. The zero-order chi connectivity index (χ0) is 42.3. The van der Waals surface area contributed by atoms with E-state index in [4.69, 9.17) is 18.9 Å². The smallest absolute Gasteiger partial charge is 0.333 e. The molecule has 6 rings (SSSR count). The van der Waals surface area contributed by atoms with Crippen molar-refractivity contribution in [2.75, 3.05) is 13.2 Å². The van der Waals surface area contributed by atoms with E-state index in [0.717, 1.165) is 19.3 Å². The molecule has 3 saturated carbocycles. The van der Waals surface area contributed by atoms with Crippen molar-refractivity contribution in [3.63, 3.8) is 0 Å². The molecule has 0 aromatic carbocycles. The van der Waals surface area contributed by atoms with Gasteiger partial charge in [0, 0.05) is 11.1 Å². The van der Waals surface area contributed by atoms with Crippen molar-refractivity contribution in [1.82, 2.24) is 0 Å². The van der Waals surface area contributed by atoms with Crippen LogP contribution in [-0.2, 0) is 28.5 Å². The molecule has 0 unspecified atom stereocenters. The van der Waals surface area contributed by atoms with Crippen molar-refractivity contribution >= 4 is 11.9 Å². The second-order valence-corrected chi connectivity index (χ2v) is 20.4. The van der Waals surface area contributed by atoms with Gasteiger partial charge in [0.05, 0.1) is 36.9 Å². The highest BCUT2D eigenvalue weighted by Crippen LogP contribution is 2.75. The number of rotatable bonds is 8. The number of aliphatic hydroxyl groups is 5. The van der Waals surface area contributed by atoms with Gasteiger partial charge in [-0.1, -0.05) is 84.4 Å². The van der Waals surface area contributed by atoms with E-state index in [1.165, 1.54) is 5.57 Å². The highest BCUT2D eigenvalue weighted by atomic mass is 16.7. The quantitative estimate of drug-likeness (QED) is 0.116. The van der Waals surface area contributed by atoms with Crippen LogP contribution in [0.5, 0.6) is 0 Å². The molecule has 5 N–H and O–H groups in total. The third-order valence-corrected chi connectivity index (χ3v) is 16.7. The number of hydrogen-bond donors (Lipinski definition) is 5. The van der Waals surface area contributed by atoms with Crippen molar-refractivity contribution in [3.05, 3.63) is 47.1 Å². The molecule has 4 fully saturated rings. The van der Waals surface area contributed by atoms with Crippen LogP contribution in [0.15, 0.2) is 47.1 Å². The van der Waals surface area contributed by atoms with E-state index in [0.29, 0.717) is 25.2 Å². The Morgan fingerprint density at radius 1 is 0.877 bits per heavy atom. The first-order valence-electron chi connectivity index (χ1n) is 21.2. The summed E-state index contributed by atoms with van der Waals surface area (Å²) in [6.07, 6.45) is 4.53. The van der Waals surface area contributed by atoms with Crippen LogP contribution in [-0.4, -0.2) is 99.7 Å². The minimum Gasteiger partial charge on any atom is -0.452 e. The molecule has 0 amide bonds. The number of fused-ring (bicyclic) bond motifs is 7. The summed E-state index contributed by atoms with van der Waals surface area (Å²) in [6, 6.07) is 0. The van der Waals surface area contributed by atoms with Crippen LogP contribution in [0.4, 0.5) is 0 Å². The molecule has 6 aliphatic rings. The zero-order valence-electron chi connectivity index (χ0n) is 36.1. The molecule has 1 aliphatic heterocycles. The molecule has 0 radical (unpaired) electrons. The fraction of sp³-hybridized carbons (Fsp3) is 0.783. The highest BCUT2D eigenvalue weighted by molar-refractivity contribution is 5.88. The Morgan fingerprint density at radius 2 is 1.49 bits per heavy atom. The molecule has 1 heterocycles. The fourth-order valence-corrected chi connectivity index (χ4v) is 12.8. The van der Waals surface area contributed by atoms with Crippen LogP contribution in [0.2, 0.25) is 0 Å². The second kappa shape index (κ2) is 15.3. The second-order valence-electron chi connectivity index (χ2n) is 20.4. The largest absolute Gasteiger partial charge is 0.452 e. The average molecular weight is 799 g/mol. The first kappa shape index (κ1) is 44.2. The summed E-state index contributed by atoms with van der Waals surface area (Å²) >= 11 is 0. The lowest BCUT2D eigenvalue weighted by molar-refractivity contribution is -0.339. The fourth-order valence-electron chi connectivity index (χ4n) is 12.8. The van der Waals surface area contributed by atoms with Crippen LogP contribution in [0.1, 0.15) is 115 Å². The molecule has 0 aromatic heterocycles. The van der Waals surface area contributed by atoms with E-state index in [-0.39, 0.29) is 51.2 Å². The summed E-state index contributed by atoms with van der Waals surface area (Å²) in [6.45, 7) is 21.2. The molecular formula is C46H70O11. The van der Waals surface area contributed by atoms with E-state index in [2.05, 4.69) is 60.6 Å². The van der Waals surface area contributed by atoms with Gasteiger partial charge in [-0.05, 0) is 111 Å². The molecule has 11 heteroatoms. The lowest BCUT2D eigenvalue weighted by Gasteiger charge is -2.71. The van der Waals surface area contributed by atoms with Gasteiger partial charge in [0.2, 0.25) is 0 Å². The van der Waals surface area contributed by atoms with Crippen LogP contribution >= 0.6 is 0 Å². The van der Waals surface area contributed by atoms with Gasteiger partial charge >= 0.3 is 11.9 Å². The third-order valence-electron chi connectivity index (χ3n) is 16.7. The Balaban J connectivity index is 1.38. The summed E-state index contributed by atoms with van der Waals surface area (Å²) in [7, 11) is 0. The van der Waals surface area contributed by atoms with Gasteiger partial charge in [-0.2, -0.15) is 0 Å². The Kier molecular flexibility index (Phi) is 11.8. The number of carbonyl (C=O) groups is 2. The number of esters is 2. The number of ether oxygens (including phenoxy) is 4. The normalized spacial score (nSPS) is 46.4. The van der Waals surface area contributed by atoms with Gasteiger partial charge in [0.25, 0.3) is 0 Å². The molecule has 0 spiro atoms. The maximum Gasteiger partial charge on any atom is 0.333 e. The topological polar surface area (TPSA) is 172 Å². The highest BCUT2D eigenvalue weighted by Gasteiger charge is 2.71. The maximum atomic E-state index is 13.2. The average Bonchev–Trinajstić information content (AvgIpc) is 3.14. The zero-order valence-corrected chi connectivity index (χ0v) is 36.1. The summed E-state index contributed by atoms with van der Waals surface area (Å²) in [4.78, 5) is 26.2. The van der Waals surface area contributed by atoms with Crippen LogP contribution in [0.3, 0.4) is 0 Å². The van der Waals surface area contributed by atoms with Crippen LogP contribution in [0, 0.1) is 50.2 Å². The van der Waals surface area contributed by atoms with E-state index < -0.39 is 78.4 Å². The lowest BCUT2D eigenvalue weighted by atomic mass is 9.33. The lowest BCUT2D eigenvalue weighted by Crippen LogP contribution is -2.70. The molecule has 1 saturated heterocycles. The number of aliphatic hydroxyl groups excluding tert-OH is 5. The number of allylic oxidation sites excluding steroid dienone is 5. The van der Waals surface area contributed by atoms with Crippen LogP contribution in [0.25, 0.3) is 0 Å². The summed E-state index contributed by atoms with van der Waals surface area (Å²) in [5.41, 5.74) is -0.737. The number of hydrogen-bond acceptors (Lipinski definition) is 11. The monoisotopic (exact) mass is 798 g/mol. The third kappa shape index (κ3) is 6.74. The molecular weight excluding hydrogens is 728 g/mol. The van der Waals surface area contributed by atoms with Crippen molar-refractivity contribution in [2.24, 2.45) is 50.2 Å². The molecule has 57 heavy (non-hydrogen) atoms. The van der Waals surface area contributed by atoms with Crippen LogP contribution < -0.4 is 0 Å². The Labute approximate surface area is 339 Å². The predicted octanol–water partition coefficient (Wildman–Crippen LogP) is 5.72. The van der Waals surface area contributed by atoms with Crippen molar-refractivity contribution in [2.45, 2.75) is 164 Å². The molecule has 5 aliphatic carbocycles. The van der Waals surface area contributed by atoms with Gasteiger partial charge in [-0.25, -0.2) is 9.59 Å². The van der Waals surface area contributed by atoms with E-state index in [1.54, 1.807) is 39.8 Å². The standard InChI is InChI=1S/C46H70O11/c1-12-25(3)38(52)56-36-29(23-47)54-40(35(51)37(36)57-39(53)26(4)13-2)55-34-22-41(5,6)20-28-27-14-15-31-43(9)18-17-32(49)42(7,8)30(43)16-19-44(31,10)45(27,11)21-33(50)46(28,34)24-48/h12-14,17-18,28-37,40,47-51H,15-16,19-24H2,1-11H3/t28-,29+,30-,31+,32-,33+,34-,35+,36+,37+,40-,43-,44+,45+,46-/m0/s1. The van der Waals surface area contributed by atoms with Gasteiger partial charge in [-0.3, -0.25) is 0 Å². The van der Waals surface area contributed by atoms with Gasteiger partial charge in [0.1, 0.15) is 12.2 Å². The molecule has 0 bridgehead atoms. The van der Waals surface area contributed by atoms with Gasteiger partial charge < -0.3 is 44.5 Å². The molecule has 11 nitrogen and oxygen atoms in total. The Bertz CT molecular complexity index is 1690. The molecule has 15 atom stereocenters. The van der Waals surface area contributed by atoms with Crippen molar-refractivity contribution < 1.29 is 54.1 Å². The summed E-state index contributed by atoms with van der Waals surface area (Å²) < 4.78 is 24.6. The number of carbonyl (C=O) groups excluding carboxylic acids is 2. The Morgan fingerprint density at radius 3 is 2.07 bits per heavy atom. The first-order valence-corrected chi connectivity index (χ1v) is 21.2. The summed E-state index contributed by atoms with van der Waals surface area (Å²) in [5, 5.41) is 57.9. The SMILES string of the molecule is CC=C(C)C(=O)O[C@@H]1[C@@H](O)[C@H](O[C@H]2CC(C)(C)C[C@H]3C4=CC[C@@H]5[C@@]6(C)C=C[C@H](O)C(C)(C)[C@@H]6CC[C@@]5(C)[C@]4(C)C[C@@H](O)[C@@]23CO)O[C@H](CO)[C@H]1OC(=O)C(C)=CC. The van der Waals surface area contributed by atoms with Crippen molar-refractivity contribution in [3.8, 4) is 0 Å². The van der Waals surface area contributed by atoms with Gasteiger partial charge in [-0.15, -0.1) is 0 Å². The maximum absolute atomic E-state index is 13.2. The van der Waals surface area contributed by atoms with E-state index >= 15 is 0 Å². The molecule has 0 aromatic rings. The minimum absolute atomic E-state index is 0.157.